The highest BCUT2D eigenvalue weighted by Crippen LogP contribution is 2.28. The van der Waals surface area contributed by atoms with Gasteiger partial charge < -0.3 is 29.9 Å². The summed E-state index contributed by atoms with van der Waals surface area (Å²) in [7, 11) is 0. The summed E-state index contributed by atoms with van der Waals surface area (Å²) in [5.41, 5.74) is 11.1. The minimum absolute atomic E-state index is 0.0923. The Balaban J connectivity index is 0.000000180. The minimum Gasteiger partial charge on any atom is -0.494 e. The number of carbonyl (C=O) groups is 3. The number of nitriles is 1. The third kappa shape index (κ3) is 11.4. The van der Waals surface area contributed by atoms with Gasteiger partial charge in [0.1, 0.15) is 28.6 Å². The van der Waals surface area contributed by atoms with Crippen molar-refractivity contribution in [3.8, 4) is 51.7 Å². The number of imidazole rings is 2. The number of amides is 1. The van der Waals surface area contributed by atoms with Crippen LogP contribution >= 0.6 is 24.4 Å². The lowest BCUT2D eigenvalue weighted by atomic mass is 10.2. The first kappa shape index (κ1) is 49.1. The van der Waals surface area contributed by atoms with Gasteiger partial charge >= 0.3 is 24.3 Å². The number of para-hydroxylation sites is 2. The molecule has 0 aliphatic heterocycles. The van der Waals surface area contributed by atoms with Crippen LogP contribution in [0.4, 0.5) is 26.3 Å². The largest absolute Gasteiger partial charge is 0.494 e. The molecular weight excluding hydrogens is 943 g/mol. The molecular formula is C44H32F6N10O6S2. The lowest BCUT2D eigenvalue weighted by Crippen LogP contribution is -2.34. The fraction of sp³-hybridized carbons (Fsp3) is 0.136. The number of benzene rings is 4. The number of nitrogens with one attached hydrogen (secondary N) is 2. The standard InChI is InChI=1S/C20H17N5O2S.C20H15N5OS.C4F6O3/c1-2-27-14-10-8-12(9-11-14)18-22-15(17(21)26)16-19(24-18)25(20(28)23-16)13-6-4-3-5-7-13;1-2-26-15-10-8-13(9-11-15)18-22-16(12-21)17-19(24-18)25(20(27)23-17)14-6-4-3-5-7-14;5-3(6,7)1(11)13-2(12)4(8,9)10/h3-11H,2H2,1H3,(H2,21,26)(H,23,28);3-11H,2H2,1H3,(H,23,27);. The number of hydrogen-bond donors (Lipinski definition) is 3. The smallest absolute Gasteiger partial charge is 0.491 e. The Morgan fingerprint density at radius 1 is 0.632 bits per heavy atom. The zero-order valence-corrected chi connectivity index (χ0v) is 36.7. The van der Waals surface area contributed by atoms with E-state index < -0.39 is 30.2 Å². The van der Waals surface area contributed by atoms with E-state index in [9.17, 15) is 46.0 Å². The number of hydrogen-bond acceptors (Lipinski definition) is 13. The Bertz CT molecular complexity index is 3260. The summed E-state index contributed by atoms with van der Waals surface area (Å²) in [6.45, 7) is 5.04. The van der Waals surface area contributed by atoms with Crippen LogP contribution in [0.3, 0.4) is 0 Å². The SMILES string of the molecule is CCOc1ccc(-c2nc(C#N)c3[nH]c(=S)n(-c4ccccc4)c3n2)cc1.CCOc1ccc(-c2nc(C(N)=O)c3[nH]c(=S)n(-c4ccccc4)c3n2)cc1.O=C(OC(=O)C(F)(F)F)C(F)(F)F. The number of aromatic amines is 2. The number of ether oxygens (including phenoxy) is 3. The molecule has 4 aromatic heterocycles. The van der Waals surface area contributed by atoms with Crippen molar-refractivity contribution in [1.29, 1.82) is 5.26 Å². The van der Waals surface area contributed by atoms with Crippen LogP contribution < -0.4 is 15.2 Å². The number of rotatable bonds is 9. The van der Waals surface area contributed by atoms with E-state index in [1.807, 2.05) is 128 Å². The molecule has 68 heavy (non-hydrogen) atoms. The molecule has 0 unspecified atom stereocenters. The van der Waals surface area contributed by atoms with E-state index in [1.165, 1.54) is 0 Å². The molecule has 0 saturated heterocycles. The highest BCUT2D eigenvalue weighted by Gasteiger charge is 2.49. The van der Waals surface area contributed by atoms with Crippen LogP contribution in [0.5, 0.6) is 11.5 Å². The molecule has 24 heteroatoms. The van der Waals surface area contributed by atoms with Crippen LogP contribution in [0.1, 0.15) is 30.0 Å². The summed E-state index contributed by atoms with van der Waals surface area (Å²) in [5.74, 6) is -4.70. The molecule has 1 amide bonds. The van der Waals surface area contributed by atoms with Crippen molar-refractivity contribution in [3.63, 3.8) is 0 Å². The number of alkyl halides is 6. The van der Waals surface area contributed by atoms with Crippen molar-refractivity contribution in [2.75, 3.05) is 13.2 Å². The van der Waals surface area contributed by atoms with Gasteiger partial charge in [0.2, 0.25) is 0 Å². The third-order valence-corrected chi connectivity index (χ3v) is 9.51. The molecule has 16 nitrogen and oxygen atoms in total. The number of fused-ring (bicyclic) bond motifs is 2. The number of H-pyrrole nitrogens is 2. The molecule has 0 bridgehead atoms. The minimum atomic E-state index is -5.62. The molecule has 0 fully saturated rings. The van der Waals surface area contributed by atoms with Crippen molar-refractivity contribution in [2.24, 2.45) is 5.73 Å². The van der Waals surface area contributed by atoms with E-state index in [0.717, 1.165) is 34.0 Å². The molecule has 4 heterocycles. The molecule has 0 spiro atoms. The Labute approximate surface area is 389 Å². The van der Waals surface area contributed by atoms with E-state index in [2.05, 4.69) is 40.7 Å². The predicted molar refractivity (Wildman–Crippen MR) is 238 cm³/mol. The number of esters is 2. The zero-order valence-electron chi connectivity index (χ0n) is 35.0. The number of nitrogens with two attached hydrogens (primary N) is 1. The molecule has 348 valence electrons. The van der Waals surface area contributed by atoms with Crippen molar-refractivity contribution in [3.05, 3.63) is 130 Å². The second-order valence-corrected chi connectivity index (χ2v) is 14.2. The lowest BCUT2D eigenvalue weighted by Gasteiger charge is -2.08. The van der Waals surface area contributed by atoms with Crippen LogP contribution in [0.2, 0.25) is 0 Å². The second kappa shape index (κ2) is 20.9. The van der Waals surface area contributed by atoms with Gasteiger partial charge in [-0.3, -0.25) is 13.9 Å². The first-order valence-corrected chi connectivity index (χ1v) is 20.4. The highest BCUT2D eigenvalue weighted by atomic mass is 32.1. The average molecular weight is 975 g/mol. The first-order chi connectivity index (χ1) is 32.3. The van der Waals surface area contributed by atoms with Crippen molar-refractivity contribution in [2.45, 2.75) is 26.2 Å². The summed E-state index contributed by atoms with van der Waals surface area (Å²) in [5, 5.41) is 9.57. The molecule has 0 aliphatic carbocycles. The maximum Gasteiger partial charge on any atom is 0.491 e. The van der Waals surface area contributed by atoms with Gasteiger partial charge in [-0.05, 0) is 111 Å². The monoisotopic (exact) mass is 974 g/mol. The number of nitrogens with zero attached hydrogens (tertiary/aromatic N) is 7. The van der Waals surface area contributed by atoms with E-state index in [1.54, 1.807) is 4.57 Å². The fourth-order valence-corrected chi connectivity index (χ4v) is 6.64. The molecule has 4 aromatic carbocycles. The molecule has 8 rings (SSSR count). The van der Waals surface area contributed by atoms with Gasteiger partial charge in [0.15, 0.2) is 43.9 Å². The van der Waals surface area contributed by atoms with Crippen molar-refractivity contribution >= 4 is 64.6 Å². The average Bonchev–Trinajstić information content (AvgIpc) is 3.84. The van der Waals surface area contributed by atoms with Crippen LogP contribution in [0, 0.1) is 20.9 Å². The summed E-state index contributed by atoms with van der Waals surface area (Å²) in [6, 6.07) is 36.1. The summed E-state index contributed by atoms with van der Waals surface area (Å²) in [6.07, 6.45) is -11.2. The van der Waals surface area contributed by atoms with Gasteiger partial charge in [0.25, 0.3) is 5.91 Å². The summed E-state index contributed by atoms with van der Waals surface area (Å²) >= 11 is 10.9. The molecule has 0 radical (unpaired) electrons. The number of aromatic nitrogens is 8. The highest BCUT2D eigenvalue weighted by molar-refractivity contribution is 7.71. The van der Waals surface area contributed by atoms with Crippen LogP contribution in [0.15, 0.2) is 109 Å². The molecule has 8 aromatic rings. The Hall–Kier alpha value is -8.30. The van der Waals surface area contributed by atoms with Crippen molar-refractivity contribution < 1.29 is 54.9 Å². The topological polar surface area (TPSA) is 222 Å². The third-order valence-electron chi connectivity index (χ3n) is 8.94. The van der Waals surface area contributed by atoms with Gasteiger partial charge in [-0.15, -0.1) is 0 Å². The van der Waals surface area contributed by atoms with E-state index in [4.69, 9.17) is 39.6 Å². The second-order valence-electron chi connectivity index (χ2n) is 13.5. The van der Waals surface area contributed by atoms with Gasteiger partial charge in [0, 0.05) is 22.5 Å². The molecule has 0 atom stereocenters. The van der Waals surface area contributed by atoms with E-state index in [0.29, 0.717) is 56.7 Å². The quantitative estimate of drug-likeness (QED) is 0.0532. The lowest BCUT2D eigenvalue weighted by molar-refractivity contribution is -0.221. The van der Waals surface area contributed by atoms with Crippen LogP contribution in [-0.2, 0) is 14.3 Å². The van der Waals surface area contributed by atoms with Crippen molar-refractivity contribution in [1.82, 2.24) is 39.0 Å². The van der Waals surface area contributed by atoms with Gasteiger partial charge in [-0.2, -0.15) is 31.6 Å². The van der Waals surface area contributed by atoms with Gasteiger partial charge in [-0.25, -0.2) is 29.5 Å². The Kier molecular flexibility index (Phi) is 15.1. The van der Waals surface area contributed by atoms with Gasteiger partial charge in [-0.1, -0.05) is 36.4 Å². The fourth-order valence-electron chi connectivity index (χ4n) is 6.05. The Morgan fingerprint density at radius 2 is 1.03 bits per heavy atom. The van der Waals surface area contributed by atoms with Crippen LogP contribution in [0.25, 0.3) is 56.5 Å². The first-order valence-electron chi connectivity index (χ1n) is 19.6. The van der Waals surface area contributed by atoms with E-state index in [-0.39, 0.29) is 11.4 Å². The normalized spacial score (nSPS) is 11.1. The predicted octanol–water partition coefficient (Wildman–Crippen LogP) is 9.24. The Morgan fingerprint density at radius 3 is 1.41 bits per heavy atom. The molecule has 4 N–H and O–H groups in total. The number of halogens is 6. The molecule has 0 saturated carbocycles. The summed E-state index contributed by atoms with van der Waals surface area (Å²) in [4.78, 5) is 55.6. The maximum absolute atomic E-state index is 12.0. The van der Waals surface area contributed by atoms with E-state index >= 15 is 0 Å². The summed E-state index contributed by atoms with van der Waals surface area (Å²) < 4.78 is 85.1. The zero-order chi connectivity index (χ0) is 49.3. The van der Waals surface area contributed by atoms with Crippen LogP contribution in [-0.4, -0.2) is 82.5 Å². The number of carbonyl (C=O) groups excluding carboxylic acids is 3. The maximum atomic E-state index is 12.0. The molecule has 0 aliphatic rings. The van der Waals surface area contributed by atoms with Gasteiger partial charge in [0.05, 0.1) is 13.2 Å². The number of primary amides is 1.